The van der Waals surface area contributed by atoms with Crippen LogP contribution in [-0.2, 0) is 11.2 Å². The summed E-state index contributed by atoms with van der Waals surface area (Å²) in [5, 5.41) is 1.92. The van der Waals surface area contributed by atoms with E-state index >= 15 is 0 Å². The van der Waals surface area contributed by atoms with Gasteiger partial charge in [0, 0.05) is 16.5 Å². The number of rotatable bonds is 4. The lowest BCUT2D eigenvalue weighted by molar-refractivity contribution is -0.133. The van der Waals surface area contributed by atoms with E-state index in [1.54, 1.807) is 48.5 Å². The maximum absolute atomic E-state index is 12.6. The second-order valence-electron chi connectivity index (χ2n) is 6.91. The lowest BCUT2D eigenvalue weighted by Crippen LogP contribution is -2.11. The number of ether oxygens (including phenoxy) is 1. The minimum Gasteiger partial charge on any atom is -0.426 e. The van der Waals surface area contributed by atoms with Crippen LogP contribution < -0.4 is 10.4 Å². The van der Waals surface area contributed by atoms with Crippen LogP contribution in [0.2, 0.25) is 5.02 Å². The minimum atomic E-state index is -0.490. The summed E-state index contributed by atoms with van der Waals surface area (Å²) < 4.78 is 11.9. The van der Waals surface area contributed by atoms with Crippen molar-refractivity contribution in [3.05, 3.63) is 93.8 Å². The fourth-order valence-electron chi connectivity index (χ4n) is 3.23. The average molecular weight is 448 g/mol. The Morgan fingerprint density at radius 1 is 1.03 bits per heavy atom. The molecule has 0 amide bonds. The number of fused-ring (bicyclic) bond motifs is 2. The Hall–Kier alpha value is -3.48. The van der Waals surface area contributed by atoms with Crippen molar-refractivity contribution in [2.75, 3.05) is 0 Å². The van der Waals surface area contributed by atoms with Crippen LogP contribution in [0.3, 0.4) is 0 Å². The van der Waals surface area contributed by atoms with Crippen molar-refractivity contribution in [1.29, 1.82) is 0 Å². The van der Waals surface area contributed by atoms with Crippen LogP contribution in [0.15, 0.2) is 82.0 Å². The molecule has 3 aromatic carbocycles. The van der Waals surface area contributed by atoms with Crippen molar-refractivity contribution < 1.29 is 13.9 Å². The Bertz CT molecular complexity index is 1450. The Kier molecular flexibility index (Phi) is 5.02. The molecule has 0 fully saturated rings. The summed E-state index contributed by atoms with van der Waals surface area (Å²) in [6.07, 6.45) is 0.107. The topological polar surface area (TPSA) is 69.4 Å². The Morgan fingerprint density at radius 2 is 1.84 bits per heavy atom. The van der Waals surface area contributed by atoms with E-state index < -0.39 is 11.6 Å². The third kappa shape index (κ3) is 4.08. The highest BCUT2D eigenvalue weighted by molar-refractivity contribution is 7.21. The van der Waals surface area contributed by atoms with Gasteiger partial charge >= 0.3 is 11.6 Å². The molecule has 31 heavy (non-hydrogen) atoms. The molecule has 0 radical (unpaired) electrons. The van der Waals surface area contributed by atoms with Gasteiger partial charge in [0.2, 0.25) is 0 Å². The fraction of sp³-hybridized carbons (Fsp3) is 0.0417. The van der Waals surface area contributed by atoms with E-state index in [2.05, 4.69) is 4.98 Å². The third-order valence-corrected chi connectivity index (χ3v) is 6.05. The van der Waals surface area contributed by atoms with Crippen LogP contribution in [0.5, 0.6) is 5.75 Å². The van der Waals surface area contributed by atoms with Crippen LogP contribution in [-0.4, -0.2) is 11.0 Å². The molecule has 5 rings (SSSR count). The average Bonchev–Trinajstić information content (AvgIpc) is 3.19. The molecule has 0 bridgehead atoms. The molecule has 0 spiro atoms. The molecule has 7 heteroatoms. The largest absolute Gasteiger partial charge is 0.426 e. The third-order valence-electron chi connectivity index (χ3n) is 4.73. The lowest BCUT2D eigenvalue weighted by atomic mass is 10.1. The summed E-state index contributed by atoms with van der Waals surface area (Å²) in [6.45, 7) is 0. The number of halogens is 1. The number of thiazole rings is 1. The van der Waals surface area contributed by atoms with Gasteiger partial charge in [0.25, 0.3) is 0 Å². The van der Waals surface area contributed by atoms with E-state index in [-0.39, 0.29) is 6.42 Å². The first-order valence-electron chi connectivity index (χ1n) is 9.44. The van der Waals surface area contributed by atoms with Crippen molar-refractivity contribution in [2.45, 2.75) is 6.42 Å². The van der Waals surface area contributed by atoms with E-state index in [9.17, 15) is 9.59 Å². The van der Waals surface area contributed by atoms with Gasteiger partial charge in [0.15, 0.2) is 0 Å². The zero-order valence-electron chi connectivity index (χ0n) is 16.0. The van der Waals surface area contributed by atoms with Crippen molar-refractivity contribution in [2.24, 2.45) is 0 Å². The Labute approximate surface area is 185 Å². The predicted molar refractivity (Wildman–Crippen MR) is 122 cm³/mol. The van der Waals surface area contributed by atoms with Gasteiger partial charge < -0.3 is 9.15 Å². The van der Waals surface area contributed by atoms with Crippen LogP contribution >= 0.6 is 22.9 Å². The Morgan fingerprint density at radius 3 is 2.65 bits per heavy atom. The number of hydrogen-bond acceptors (Lipinski definition) is 6. The molecular weight excluding hydrogens is 434 g/mol. The molecule has 0 saturated heterocycles. The molecule has 0 saturated carbocycles. The summed E-state index contributed by atoms with van der Waals surface area (Å²) in [5.74, 6) is -0.113. The van der Waals surface area contributed by atoms with Crippen molar-refractivity contribution in [3.8, 4) is 16.3 Å². The molecule has 0 N–H and O–H groups in total. The van der Waals surface area contributed by atoms with Gasteiger partial charge in [-0.15, -0.1) is 11.3 Å². The molecule has 0 aliphatic rings. The van der Waals surface area contributed by atoms with E-state index in [1.807, 2.05) is 24.3 Å². The first-order chi connectivity index (χ1) is 15.0. The van der Waals surface area contributed by atoms with Gasteiger partial charge in [-0.2, -0.15) is 0 Å². The van der Waals surface area contributed by atoms with Gasteiger partial charge in [-0.3, -0.25) is 4.79 Å². The van der Waals surface area contributed by atoms with Crippen LogP contribution in [0.1, 0.15) is 5.56 Å². The summed E-state index contributed by atoms with van der Waals surface area (Å²) >= 11 is 7.30. The van der Waals surface area contributed by atoms with Crippen LogP contribution in [0.4, 0.5) is 0 Å². The van der Waals surface area contributed by atoms with Crippen molar-refractivity contribution in [3.63, 3.8) is 0 Å². The summed E-state index contributed by atoms with van der Waals surface area (Å²) in [5.41, 5.74) is 1.89. The maximum atomic E-state index is 12.6. The number of benzene rings is 3. The SMILES string of the molecule is O=C(Cc1ccc(Cl)cc1)Oc1ccc2cc(-c3nc4ccccc4s3)c(=O)oc2c1. The number of aromatic nitrogens is 1. The number of carbonyl (C=O) groups is 1. The fourth-order valence-corrected chi connectivity index (χ4v) is 4.32. The Balaban J connectivity index is 1.41. The van der Waals surface area contributed by atoms with Crippen molar-refractivity contribution >= 4 is 50.1 Å². The minimum absolute atomic E-state index is 0.107. The molecule has 0 aliphatic heterocycles. The molecule has 0 unspecified atom stereocenters. The molecule has 0 atom stereocenters. The molecule has 0 aliphatic carbocycles. The van der Waals surface area contributed by atoms with E-state index in [4.69, 9.17) is 20.8 Å². The highest BCUT2D eigenvalue weighted by Gasteiger charge is 2.14. The molecular formula is C24H14ClNO4S. The first-order valence-corrected chi connectivity index (χ1v) is 10.6. The number of carbonyl (C=O) groups excluding carboxylic acids is 1. The quantitative estimate of drug-likeness (QED) is 0.196. The van der Waals surface area contributed by atoms with Gasteiger partial charge in [-0.25, -0.2) is 9.78 Å². The highest BCUT2D eigenvalue weighted by Crippen LogP contribution is 2.30. The van der Waals surface area contributed by atoms with Crippen LogP contribution in [0.25, 0.3) is 31.8 Å². The smallest absolute Gasteiger partial charge is 0.346 e. The lowest BCUT2D eigenvalue weighted by Gasteiger charge is -2.06. The normalized spacial score (nSPS) is 11.1. The molecule has 2 aromatic heterocycles. The van der Waals surface area contributed by atoms with Crippen LogP contribution in [0, 0.1) is 0 Å². The monoisotopic (exact) mass is 447 g/mol. The van der Waals surface area contributed by atoms with Crippen molar-refractivity contribution in [1.82, 2.24) is 4.98 Å². The van der Waals surface area contributed by atoms with Gasteiger partial charge in [0.1, 0.15) is 16.3 Å². The summed E-state index contributed by atoms with van der Waals surface area (Å²) in [6, 6.07) is 21.4. The zero-order chi connectivity index (χ0) is 21.4. The number of para-hydroxylation sites is 1. The molecule has 2 heterocycles. The second-order valence-corrected chi connectivity index (χ2v) is 8.38. The van der Waals surface area contributed by atoms with E-state index in [0.717, 1.165) is 15.8 Å². The molecule has 152 valence electrons. The van der Waals surface area contributed by atoms with E-state index in [0.29, 0.717) is 32.3 Å². The molecule has 5 nitrogen and oxygen atoms in total. The number of esters is 1. The first kappa shape index (κ1) is 19.5. The maximum Gasteiger partial charge on any atom is 0.346 e. The molecule has 5 aromatic rings. The van der Waals surface area contributed by atoms with Gasteiger partial charge in [-0.1, -0.05) is 35.9 Å². The predicted octanol–water partition coefficient (Wildman–Crippen LogP) is 5.87. The summed E-state index contributed by atoms with van der Waals surface area (Å²) in [7, 11) is 0. The highest BCUT2D eigenvalue weighted by atomic mass is 35.5. The zero-order valence-corrected chi connectivity index (χ0v) is 17.6. The van der Waals surface area contributed by atoms with E-state index in [1.165, 1.54) is 11.3 Å². The standard InChI is InChI=1S/C24H14ClNO4S/c25-16-8-5-14(6-9-16)11-22(27)29-17-10-7-15-12-18(24(28)30-20(15)13-17)23-26-19-3-1-2-4-21(19)31-23/h1-10,12-13H,11H2. The number of hydrogen-bond donors (Lipinski definition) is 0. The number of nitrogens with zero attached hydrogens (tertiary/aromatic N) is 1. The van der Waals surface area contributed by atoms with Gasteiger partial charge in [-0.05, 0) is 48.0 Å². The second kappa shape index (κ2) is 7.98. The summed E-state index contributed by atoms with van der Waals surface area (Å²) in [4.78, 5) is 29.4. The van der Waals surface area contributed by atoms with Gasteiger partial charge in [0.05, 0.1) is 22.2 Å².